The lowest BCUT2D eigenvalue weighted by molar-refractivity contribution is 0.460. The van der Waals surface area contributed by atoms with Crippen molar-refractivity contribution in [2.24, 2.45) is 0 Å². The van der Waals surface area contributed by atoms with Crippen LogP contribution in [0.25, 0.3) is 0 Å². The fraction of sp³-hybridized carbons (Fsp3) is 0.500. The van der Waals surface area contributed by atoms with Gasteiger partial charge in [-0.1, -0.05) is 24.3 Å². The fourth-order valence-corrected chi connectivity index (χ4v) is 2.87. The van der Waals surface area contributed by atoms with Gasteiger partial charge in [0.2, 0.25) is 0 Å². The zero-order valence-corrected chi connectivity index (χ0v) is 10.4. The minimum atomic E-state index is -3.92. The fourth-order valence-electron chi connectivity index (χ4n) is 2.25. The Balaban J connectivity index is 2.07. The highest BCUT2D eigenvalue weighted by atomic mass is 32.2. The zero-order chi connectivity index (χ0) is 12.3. The van der Waals surface area contributed by atoms with Crippen LogP contribution in [0.2, 0.25) is 0 Å². The molecule has 1 aliphatic rings. The van der Waals surface area contributed by atoms with Gasteiger partial charge >= 0.3 is 0 Å². The number of nitrogens with one attached hydrogen (secondary N) is 1. The van der Waals surface area contributed by atoms with Crippen LogP contribution in [0.5, 0.6) is 0 Å². The average molecular weight is 255 g/mol. The molecule has 1 aromatic carbocycles. The summed E-state index contributed by atoms with van der Waals surface area (Å²) in [6.45, 7) is 2.08. The van der Waals surface area contributed by atoms with Crippen molar-refractivity contribution in [2.75, 3.05) is 13.1 Å². The van der Waals surface area contributed by atoms with Gasteiger partial charge in [0.25, 0.3) is 10.1 Å². The Morgan fingerprint density at radius 3 is 2.29 bits per heavy atom. The smallest absolute Gasteiger partial charge is 0.269 e. The first-order chi connectivity index (χ1) is 8.04. The first-order valence-electron chi connectivity index (χ1n) is 5.79. The molecule has 5 heteroatoms. The van der Waals surface area contributed by atoms with Crippen molar-refractivity contribution in [1.82, 2.24) is 5.32 Å². The Bertz CT molecular complexity index is 461. The summed E-state index contributed by atoms with van der Waals surface area (Å²) >= 11 is 0. The molecule has 0 bridgehead atoms. The van der Waals surface area contributed by atoms with Crippen molar-refractivity contribution in [1.29, 1.82) is 0 Å². The third-order valence-electron chi connectivity index (χ3n) is 3.14. The Labute approximate surface area is 102 Å². The van der Waals surface area contributed by atoms with E-state index in [1.165, 1.54) is 5.56 Å². The third-order valence-corrected chi connectivity index (χ3v) is 3.84. The summed E-state index contributed by atoms with van der Waals surface area (Å²) in [7, 11) is -3.92. The van der Waals surface area contributed by atoms with E-state index in [0.717, 1.165) is 25.9 Å². The second-order valence-corrected chi connectivity index (χ2v) is 5.94. The summed E-state index contributed by atoms with van der Waals surface area (Å²) in [5.74, 6) is 0.260. The number of piperidine rings is 1. The van der Waals surface area contributed by atoms with Gasteiger partial charge < -0.3 is 5.32 Å². The summed E-state index contributed by atoms with van der Waals surface area (Å²) in [4.78, 5) is 0. The van der Waals surface area contributed by atoms with Gasteiger partial charge in [-0.2, -0.15) is 8.42 Å². The van der Waals surface area contributed by atoms with E-state index in [1.54, 1.807) is 12.1 Å². The highest BCUT2D eigenvalue weighted by Gasteiger charge is 2.15. The summed E-state index contributed by atoms with van der Waals surface area (Å²) < 4.78 is 30.2. The van der Waals surface area contributed by atoms with E-state index in [2.05, 4.69) is 5.32 Å². The van der Waals surface area contributed by atoms with Crippen molar-refractivity contribution >= 4 is 10.1 Å². The van der Waals surface area contributed by atoms with Crippen LogP contribution in [0.1, 0.15) is 29.9 Å². The van der Waals surface area contributed by atoms with Gasteiger partial charge in [0.05, 0.1) is 0 Å². The SMILES string of the molecule is O=S(=O)(O)Cc1ccc(C2CCNCC2)cc1. The number of hydrogen-bond acceptors (Lipinski definition) is 3. The normalized spacial score (nSPS) is 18.2. The molecule has 0 saturated carbocycles. The van der Waals surface area contributed by atoms with Crippen LogP contribution in [0.3, 0.4) is 0 Å². The third kappa shape index (κ3) is 3.80. The molecule has 1 saturated heterocycles. The van der Waals surface area contributed by atoms with Crippen LogP contribution < -0.4 is 5.32 Å². The molecule has 0 aliphatic carbocycles. The Morgan fingerprint density at radius 2 is 1.76 bits per heavy atom. The maximum Gasteiger partial charge on any atom is 0.269 e. The van der Waals surface area contributed by atoms with Crippen molar-refractivity contribution in [3.05, 3.63) is 35.4 Å². The molecular weight excluding hydrogens is 238 g/mol. The Kier molecular flexibility index (Phi) is 3.81. The summed E-state index contributed by atoms with van der Waals surface area (Å²) in [6, 6.07) is 7.50. The lowest BCUT2D eigenvalue weighted by atomic mass is 9.90. The molecule has 0 unspecified atom stereocenters. The predicted molar refractivity (Wildman–Crippen MR) is 66.5 cm³/mol. The lowest BCUT2D eigenvalue weighted by Crippen LogP contribution is -2.26. The van der Waals surface area contributed by atoms with Crippen LogP contribution in [-0.4, -0.2) is 26.1 Å². The Hall–Kier alpha value is -0.910. The monoisotopic (exact) mass is 255 g/mol. The van der Waals surface area contributed by atoms with E-state index in [1.807, 2.05) is 12.1 Å². The molecule has 0 amide bonds. The average Bonchev–Trinajstić information content (AvgIpc) is 2.29. The first kappa shape index (κ1) is 12.5. The second kappa shape index (κ2) is 5.16. The van der Waals surface area contributed by atoms with Gasteiger partial charge in [-0.25, -0.2) is 0 Å². The number of benzene rings is 1. The molecule has 0 radical (unpaired) electrons. The van der Waals surface area contributed by atoms with E-state index in [9.17, 15) is 8.42 Å². The largest absolute Gasteiger partial charge is 0.317 e. The van der Waals surface area contributed by atoms with Gasteiger partial charge in [0.15, 0.2) is 0 Å². The Morgan fingerprint density at radius 1 is 1.18 bits per heavy atom. The van der Waals surface area contributed by atoms with Gasteiger partial charge in [0, 0.05) is 0 Å². The summed E-state index contributed by atoms with van der Waals surface area (Å²) in [5.41, 5.74) is 1.88. The molecule has 1 aliphatic heterocycles. The van der Waals surface area contributed by atoms with Crippen LogP contribution in [-0.2, 0) is 15.9 Å². The minimum Gasteiger partial charge on any atom is -0.317 e. The molecule has 4 nitrogen and oxygen atoms in total. The van der Waals surface area contributed by atoms with Crippen molar-refractivity contribution in [2.45, 2.75) is 24.5 Å². The molecule has 2 N–H and O–H groups in total. The molecule has 0 aromatic heterocycles. The first-order valence-corrected chi connectivity index (χ1v) is 7.40. The van der Waals surface area contributed by atoms with Crippen LogP contribution in [0.4, 0.5) is 0 Å². The topological polar surface area (TPSA) is 66.4 Å². The molecule has 94 valence electrons. The molecule has 1 heterocycles. The standard InChI is InChI=1S/C12H17NO3S/c14-17(15,16)9-10-1-3-11(4-2-10)12-5-7-13-8-6-12/h1-4,12-13H,5-9H2,(H,14,15,16). The maximum atomic E-state index is 10.7. The van der Waals surface area contributed by atoms with Gasteiger partial charge in [0.1, 0.15) is 5.75 Å². The van der Waals surface area contributed by atoms with Gasteiger partial charge in [-0.15, -0.1) is 0 Å². The van der Waals surface area contributed by atoms with Crippen LogP contribution in [0.15, 0.2) is 24.3 Å². The molecule has 17 heavy (non-hydrogen) atoms. The maximum absolute atomic E-state index is 10.7. The molecule has 1 aromatic rings. The zero-order valence-electron chi connectivity index (χ0n) is 9.59. The minimum absolute atomic E-state index is 0.306. The van der Waals surface area contributed by atoms with Crippen LogP contribution >= 0.6 is 0 Å². The highest BCUT2D eigenvalue weighted by Crippen LogP contribution is 2.25. The highest BCUT2D eigenvalue weighted by molar-refractivity contribution is 7.85. The van der Waals surface area contributed by atoms with Crippen molar-refractivity contribution < 1.29 is 13.0 Å². The van der Waals surface area contributed by atoms with E-state index < -0.39 is 10.1 Å². The predicted octanol–water partition coefficient (Wildman–Crippen LogP) is 1.54. The van der Waals surface area contributed by atoms with E-state index >= 15 is 0 Å². The molecule has 1 fully saturated rings. The second-order valence-electron chi connectivity index (χ2n) is 4.49. The summed E-state index contributed by atoms with van der Waals surface area (Å²) in [5, 5.41) is 3.31. The van der Waals surface area contributed by atoms with Gasteiger partial charge in [-0.3, -0.25) is 4.55 Å². The number of hydrogen-bond donors (Lipinski definition) is 2. The molecule has 0 spiro atoms. The molecule has 0 atom stereocenters. The lowest BCUT2D eigenvalue weighted by Gasteiger charge is -2.23. The van der Waals surface area contributed by atoms with Crippen molar-refractivity contribution in [3.8, 4) is 0 Å². The number of rotatable bonds is 3. The van der Waals surface area contributed by atoms with E-state index in [-0.39, 0.29) is 5.75 Å². The molecular formula is C12H17NO3S. The van der Waals surface area contributed by atoms with E-state index in [0.29, 0.717) is 11.5 Å². The van der Waals surface area contributed by atoms with Crippen molar-refractivity contribution in [3.63, 3.8) is 0 Å². The van der Waals surface area contributed by atoms with Gasteiger partial charge in [-0.05, 0) is 43.0 Å². The quantitative estimate of drug-likeness (QED) is 0.804. The van der Waals surface area contributed by atoms with E-state index in [4.69, 9.17) is 4.55 Å². The summed E-state index contributed by atoms with van der Waals surface area (Å²) in [6.07, 6.45) is 2.25. The van der Waals surface area contributed by atoms with Crippen LogP contribution in [0, 0.1) is 0 Å². The molecule has 2 rings (SSSR count).